The number of amides is 1. The lowest BCUT2D eigenvalue weighted by atomic mass is 9.83. The fraction of sp³-hybridized carbons (Fsp3) is 0.500. The summed E-state index contributed by atoms with van der Waals surface area (Å²) in [4.78, 5) is 12.3. The van der Waals surface area contributed by atoms with Crippen LogP contribution in [0.1, 0.15) is 39.3 Å². The molecule has 1 aromatic rings. The van der Waals surface area contributed by atoms with E-state index in [2.05, 4.69) is 16.3 Å². The fourth-order valence-electron chi connectivity index (χ4n) is 1.62. The first-order valence-corrected chi connectivity index (χ1v) is 6.23. The molecule has 0 saturated carbocycles. The van der Waals surface area contributed by atoms with Crippen LogP contribution in [0, 0.1) is 29.1 Å². The molecule has 5 heteroatoms. The summed E-state index contributed by atoms with van der Waals surface area (Å²) in [6.45, 7) is 6.28. The van der Waals surface area contributed by atoms with E-state index in [1.807, 2.05) is 26.8 Å². The van der Waals surface area contributed by atoms with Crippen LogP contribution >= 0.6 is 0 Å². The average molecular weight is 258 g/mol. The van der Waals surface area contributed by atoms with Gasteiger partial charge in [0.25, 0.3) is 0 Å². The Labute approximate surface area is 113 Å². The molecule has 1 unspecified atom stereocenters. The van der Waals surface area contributed by atoms with E-state index in [1.54, 1.807) is 10.9 Å². The van der Waals surface area contributed by atoms with Crippen molar-refractivity contribution in [2.45, 2.75) is 40.2 Å². The lowest BCUT2D eigenvalue weighted by Crippen LogP contribution is -2.32. The Bertz CT molecular complexity index is 547. The first kappa shape index (κ1) is 14.8. The van der Waals surface area contributed by atoms with Crippen molar-refractivity contribution < 1.29 is 4.79 Å². The minimum atomic E-state index is -0.629. The molecule has 0 aliphatic carbocycles. The van der Waals surface area contributed by atoms with Crippen molar-refractivity contribution in [1.82, 2.24) is 9.78 Å². The molecule has 1 atom stereocenters. The van der Waals surface area contributed by atoms with Gasteiger partial charge in [0, 0.05) is 19.2 Å². The van der Waals surface area contributed by atoms with Crippen LogP contribution in [0.15, 0.2) is 6.20 Å². The zero-order chi connectivity index (χ0) is 14.5. The third-order valence-corrected chi connectivity index (χ3v) is 3.26. The highest BCUT2D eigenvalue weighted by Crippen LogP contribution is 2.27. The monoisotopic (exact) mass is 258 g/mol. The molecule has 1 heterocycles. The summed E-state index contributed by atoms with van der Waals surface area (Å²) in [6, 6.07) is 1.97. The molecule has 0 saturated heterocycles. The van der Waals surface area contributed by atoms with Gasteiger partial charge in [-0.25, -0.2) is 0 Å². The van der Waals surface area contributed by atoms with E-state index in [0.717, 1.165) is 0 Å². The largest absolute Gasteiger partial charge is 0.322 e. The maximum Gasteiger partial charge on any atom is 0.231 e. The van der Waals surface area contributed by atoms with Gasteiger partial charge < -0.3 is 5.32 Å². The molecule has 100 valence electrons. The van der Waals surface area contributed by atoms with Gasteiger partial charge in [0.15, 0.2) is 5.69 Å². The van der Waals surface area contributed by atoms with Gasteiger partial charge in [-0.15, -0.1) is 12.3 Å². The Balaban J connectivity index is 2.97. The lowest BCUT2D eigenvalue weighted by molar-refractivity contribution is -0.124. The summed E-state index contributed by atoms with van der Waals surface area (Å²) in [7, 11) is 0. The van der Waals surface area contributed by atoms with E-state index < -0.39 is 5.41 Å². The van der Waals surface area contributed by atoms with Gasteiger partial charge in [-0.1, -0.05) is 6.92 Å². The van der Waals surface area contributed by atoms with Gasteiger partial charge in [-0.3, -0.25) is 9.48 Å². The van der Waals surface area contributed by atoms with Crippen LogP contribution in [-0.2, 0) is 11.3 Å². The maximum absolute atomic E-state index is 12.3. The van der Waals surface area contributed by atoms with Crippen molar-refractivity contribution in [3.8, 4) is 18.4 Å². The van der Waals surface area contributed by atoms with Crippen LogP contribution in [0.3, 0.4) is 0 Å². The van der Waals surface area contributed by atoms with Crippen molar-refractivity contribution in [2.75, 3.05) is 5.32 Å². The molecule has 0 radical (unpaired) electrons. The molecule has 0 bridgehead atoms. The minimum absolute atomic E-state index is 0.180. The van der Waals surface area contributed by atoms with Crippen LogP contribution in [0.4, 0.5) is 5.69 Å². The number of carbonyl (C=O) groups excluding carboxylic acids is 1. The van der Waals surface area contributed by atoms with Gasteiger partial charge in [0.1, 0.15) is 6.07 Å². The third kappa shape index (κ3) is 3.14. The second-order valence-electron chi connectivity index (χ2n) is 4.61. The second kappa shape index (κ2) is 6.06. The number of hydrogen-bond acceptors (Lipinski definition) is 3. The van der Waals surface area contributed by atoms with E-state index in [1.165, 1.54) is 0 Å². The van der Waals surface area contributed by atoms with Crippen molar-refractivity contribution >= 4 is 11.6 Å². The SMILES string of the molecule is C#CCC(C)(CC)C(=O)Nc1cn(CC)nc1C#N. The number of nitrogens with one attached hydrogen (secondary N) is 1. The number of aromatic nitrogens is 2. The molecule has 0 fully saturated rings. The van der Waals surface area contributed by atoms with Gasteiger partial charge in [0.05, 0.1) is 11.1 Å². The van der Waals surface area contributed by atoms with Gasteiger partial charge in [0.2, 0.25) is 5.91 Å². The number of terminal acetylenes is 1. The Kier molecular flexibility index (Phi) is 4.72. The van der Waals surface area contributed by atoms with Crippen LogP contribution in [0.2, 0.25) is 0 Å². The number of aryl methyl sites for hydroxylation is 1. The zero-order valence-electron chi connectivity index (χ0n) is 11.5. The molecule has 1 rings (SSSR count). The second-order valence-corrected chi connectivity index (χ2v) is 4.61. The molecule has 0 aromatic carbocycles. The number of rotatable bonds is 5. The molecule has 19 heavy (non-hydrogen) atoms. The lowest BCUT2D eigenvalue weighted by Gasteiger charge is -2.24. The Hall–Kier alpha value is -2.27. The van der Waals surface area contributed by atoms with Crippen LogP contribution < -0.4 is 5.32 Å². The van der Waals surface area contributed by atoms with E-state index in [0.29, 0.717) is 25.1 Å². The summed E-state index contributed by atoms with van der Waals surface area (Å²) in [5.74, 6) is 2.34. The number of anilines is 1. The summed E-state index contributed by atoms with van der Waals surface area (Å²) in [5, 5.41) is 15.8. The standard InChI is InChI=1S/C14H18N4O/c1-5-8-14(4,6-2)13(19)16-12-10-18(7-3)17-11(12)9-15/h1,10H,6-8H2,2-4H3,(H,16,19). The summed E-state index contributed by atoms with van der Waals surface area (Å²) in [6.07, 6.45) is 7.95. The van der Waals surface area contributed by atoms with Crippen molar-refractivity contribution in [3.05, 3.63) is 11.9 Å². The average Bonchev–Trinajstić information content (AvgIpc) is 2.81. The normalized spacial score (nSPS) is 13.1. The number of nitriles is 1. The van der Waals surface area contributed by atoms with Gasteiger partial charge >= 0.3 is 0 Å². The molecule has 1 N–H and O–H groups in total. The van der Waals surface area contributed by atoms with Crippen LogP contribution in [-0.4, -0.2) is 15.7 Å². The van der Waals surface area contributed by atoms with Crippen molar-refractivity contribution in [3.63, 3.8) is 0 Å². The Morgan fingerprint density at radius 2 is 2.32 bits per heavy atom. The molecular formula is C14H18N4O. The predicted molar refractivity (Wildman–Crippen MR) is 73.1 cm³/mol. The van der Waals surface area contributed by atoms with Crippen LogP contribution in [0.25, 0.3) is 0 Å². The summed E-state index contributed by atoms with van der Waals surface area (Å²) >= 11 is 0. The quantitative estimate of drug-likeness (QED) is 0.823. The third-order valence-electron chi connectivity index (χ3n) is 3.26. The van der Waals surface area contributed by atoms with Crippen molar-refractivity contribution in [2.24, 2.45) is 5.41 Å². The van der Waals surface area contributed by atoms with E-state index in [-0.39, 0.29) is 11.6 Å². The van der Waals surface area contributed by atoms with E-state index in [9.17, 15) is 4.79 Å². The predicted octanol–water partition coefficient (Wildman–Crippen LogP) is 2.15. The molecule has 1 aromatic heterocycles. The van der Waals surface area contributed by atoms with E-state index in [4.69, 9.17) is 11.7 Å². The Morgan fingerprint density at radius 1 is 1.63 bits per heavy atom. The topological polar surface area (TPSA) is 70.7 Å². The van der Waals surface area contributed by atoms with E-state index >= 15 is 0 Å². The smallest absolute Gasteiger partial charge is 0.231 e. The van der Waals surface area contributed by atoms with Crippen molar-refractivity contribution in [1.29, 1.82) is 5.26 Å². The summed E-state index contributed by atoms with van der Waals surface area (Å²) in [5.41, 5.74) is 0.0240. The maximum atomic E-state index is 12.3. The van der Waals surface area contributed by atoms with Gasteiger partial charge in [-0.05, 0) is 20.3 Å². The molecule has 0 spiro atoms. The zero-order valence-corrected chi connectivity index (χ0v) is 11.5. The number of hydrogen-bond donors (Lipinski definition) is 1. The highest BCUT2D eigenvalue weighted by Gasteiger charge is 2.31. The molecule has 0 aliphatic rings. The highest BCUT2D eigenvalue weighted by molar-refractivity contribution is 5.96. The van der Waals surface area contributed by atoms with Crippen LogP contribution in [0.5, 0.6) is 0 Å². The fourth-order valence-corrected chi connectivity index (χ4v) is 1.62. The van der Waals surface area contributed by atoms with Gasteiger partial charge in [-0.2, -0.15) is 10.4 Å². The minimum Gasteiger partial charge on any atom is -0.322 e. The summed E-state index contributed by atoms with van der Waals surface area (Å²) < 4.78 is 1.61. The highest BCUT2D eigenvalue weighted by atomic mass is 16.2. The number of nitrogens with zero attached hydrogens (tertiary/aromatic N) is 3. The molecule has 0 aliphatic heterocycles. The molecule has 5 nitrogen and oxygen atoms in total. The first-order chi connectivity index (χ1) is 9.00. The Morgan fingerprint density at radius 3 is 2.79 bits per heavy atom. The first-order valence-electron chi connectivity index (χ1n) is 6.23. The number of carbonyl (C=O) groups is 1. The molecule has 1 amide bonds. The molecular weight excluding hydrogens is 240 g/mol.